The Morgan fingerprint density at radius 1 is 1.17 bits per heavy atom. The van der Waals surface area contributed by atoms with E-state index >= 15 is 0 Å². The van der Waals surface area contributed by atoms with E-state index in [4.69, 9.17) is 27.9 Å². The number of nitrogens with two attached hydrogens (primary N) is 1. The molecule has 0 unspecified atom stereocenters. The predicted molar refractivity (Wildman–Crippen MR) is 114 cm³/mol. The summed E-state index contributed by atoms with van der Waals surface area (Å²) in [5, 5.41) is 20.3. The molecule has 154 valence electrons. The van der Waals surface area contributed by atoms with Crippen molar-refractivity contribution in [2.45, 2.75) is 13.0 Å². The van der Waals surface area contributed by atoms with Crippen molar-refractivity contribution < 1.29 is 14.3 Å². The lowest BCUT2D eigenvalue weighted by molar-refractivity contribution is 0.0959. The number of benzene rings is 2. The van der Waals surface area contributed by atoms with Gasteiger partial charge in [-0.25, -0.2) is 4.39 Å². The minimum Gasteiger partial charge on any atom is -0.398 e. The summed E-state index contributed by atoms with van der Waals surface area (Å²) in [6.07, 6.45) is 3.22. The first kappa shape index (κ1) is 21.4. The van der Waals surface area contributed by atoms with E-state index in [9.17, 15) is 9.18 Å². The van der Waals surface area contributed by atoms with Gasteiger partial charge in [-0.05, 0) is 47.0 Å². The summed E-state index contributed by atoms with van der Waals surface area (Å²) >= 11 is 5.94. The number of carbonyl (C=O) groups excluding carboxylic acids is 1. The van der Waals surface area contributed by atoms with Gasteiger partial charge in [-0.2, -0.15) is 0 Å². The molecule has 1 aromatic heterocycles. The van der Waals surface area contributed by atoms with E-state index in [1.165, 1.54) is 12.3 Å². The molecule has 0 atom stereocenters. The number of amides is 1. The summed E-state index contributed by atoms with van der Waals surface area (Å²) in [7, 11) is 0. The maximum absolute atomic E-state index is 14.2. The molecule has 0 saturated carbocycles. The largest absolute Gasteiger partial charge is 0.398 e. The normalized spacial score (nSPS) is 10.6. The van der Waals surface area contributed by atoms with Gasteiger partial charge in [0.25, 0.3) is 5.91 Å². The van der Waals surface area contributed by atoms with Gasteiger partial charge in [-0.1, -0.05) is 23.7 Å². The van der Waals surface area contributed by atoms with Gasteiger partial charge in [-0.15, -0.1) is 0 Å². The van der Waals surface area contributed by atoms with Crippen molar-refractivity contribution in [1.29, 1.82) is 5.41 Å². The topological polar surface area (TPSA) is 112 Å². The third-order valence-electron chi connectivity index (χ3n) is 4.52. The van der Waals surface area contributed by atoms with Gasteiger partial charge in [0.15, 0.2) is 0 Å². The second-order valence-electron chi connectivity index (χ2n) is 6.74. The number of pyridine rings is 1. The molecule has 6 nitrogen and oxygen atoms in total. The lowest BCUT2D eigenvalue weighted by Crippen LogP contribution is -2.30. The van der Waals surface area contributed by atoms with Gasteiger partial charge in [0.05, 0.1) is 24.4 Å². The third-order valence-corrected chi connectivity index (χ3v) is 4.75. The molecule has 0 radical (unpaired) electrons. The number of halogens is 2. The molecule has 0 saturated heterocycles. The SMILES string of the molecule is N=C(CNC(=O)c1cncc(Cc2ccc(CO)cc2F)c1)c1cc(Cl)ccc1N. The summed E-state index contributed by atoms with van der Waals surface area (Å²) in [6, 6.07) is 11.0. The van der Waals surface area contributed by atoms with E-state index in [-0.39, 0.29) is 25.3 Å². The molecule has 5 N–H and O–H groups in total. The second-order valence-corrected chi connectivity index (χ2v) is 7.17. The molecule has 0 aliphatic rings. The third kappa shape index (κ3) is 5.20. The fourth-order valence-corrected chi connectivity index (χ4v) is 3.09. The summed E-state index contributed by atoms with van der Waals surface area (Å²) in [5.41, 5.74) is 8.73. The van der Waals surface area contributed by atoms with Crippen molar-refractivity contribution >= 4 is 28.9 Å². The number of aromatic nitrogens is 1. The molecule has 0 fully saturated rings. The van der Waals surface area contributed by atoms with Crippen LogP contribution in [0.5, 0.6) is 0 Å². The minimum absolute atomic E-state index is 0.0369. The lowest BCUT2D eigenvalue weighted by Gasteiger charge is -2.10. The highest BCUT2D eigenvalue weighted by Crippen LogP contribution is 2.18. The average molecular weight is 427 g/mol. The van der Waals surface area contributed by atoms with Crippen molar-refractivity contribution in [3.05, 3.63) is 93.5 Å². The summed E-state index contributed by atoms with van der Waals surface area (Å²) in [6.45, 7) is -0.269. The van der Waals surface area contributed by atoms with Crippen LogP contribution < -0.4 is 11.1 Å². The summed E-state index contributed by atoms with van der Waals surface area (Å²) in [5.74, 6) is -0.838. The van der Waals surface area contributed by atoms with E-state index in [0.717, 1.165) is 0 Å². The van der Waals surface area contributed by atoms with E-state index in [1.54, 1.807) is 42.6 Å². The molecule has 0 spiro atoms. The van der Waals surface area contributed by atoms with E-state index in [1.807, 2.05) is 0 Å². The van der Waals surface area contributed by atoms with Crippen LogP contribution in [-0.4, -0.2) is 28.3 Å². The number of anilines is 1. The zero-order chi connectivity index (χ0) is 21.7. The fourth-order valence-electron chi connectivity index (χ4n) is 2.92. The Hall–Kier alpha value is -3.29. The van der Waals surface area contributed by atoms with Crippen LogP contribution in [-0.2, 0) is 13.0 Å². The zero-order valence-corrected chi connectivity index (χ0v) is 16.7. The van der Waals surface area contributed by atoms with Crippen molar-refractivity contribution in [3.8, 4) is 0 Å². The van der Waals surface area contributed by atoms with Gasteiger partial charge in [0, 0.05) is 35.1 Å². The highest BCUT2D eigenvalue weighted by Gasteiger charge is 2.12. The predicted octanol–water partition coefficient (Wildman–Crippen LogP) is 3.34. The van der Waals surface area contributed by atoms with Crippen LogP contribution in [0.15, 0.2) is 54.9 Å². The molecule has 0 aliphatic heterocycles. The molecule has 30 heavy (non-hydrogen) atoms. The van der Waals surface area contributed by atoms with Crippen LogP contribution in [0.3, 0.4) is 0 Å². The summed E-state index contributed by atoms with van der Waals surface area (Å²) < 4.78 is 14.2. The van der Waals surface area contributed by atoms with Crippen LogP contribution in [0, 0.1) is 11.2 Å². The summed E-state index contributed by atoms with van der Waals surface area (Å²) in [4.78, 5) is 16.5. The van der Waals surface area contributed by atoms with Crippen molar-refractivity contribution in [2.24, 2.45) is 0 Å². The first-order chi connectivity index (χ1) is 14.4. The van der Waals surface area contributed by atoms with Crippen LogP contribution in [0.1, 0.15) is 32.6 Å². The zero-order valence-electron chi connectivity index (χ0n) is 16.0. The Kier molecular flexibility index (Phi) is 6.76. The highest BCUT2D eigenvalue weighted by molar-refractivity contribution is 6.31. The van der Waals surface area contributed by atoms with E-state index in [2.05, 4.69) is 10.3 Å². The van der Waals surface area contributed by atoms with Crippen molar-refractivity contribution in [3.63, 3.8) is 0 Å². The van der Waals surface area contributed by atoms with Crippen LogP contribution in [0.2, 0.25) is 5.02 Å². The number of hydrogen-bond acceptors (Lipinski definition) is 5. The first-order valence-corrected chi connectivity index (χ1v) is 9.48. The van der Waals surface area contributed by atoms with E-state index < -0.39 is 11.7 Å². The van der Waals surface area contributed by atoms with Gasteiger partial charge in [-0.3, -0.25) is 9.78 Å². The number of nitrogens with zero attached hydrogens (tertiary/aromatic N) is 1. The quantitative estimate of drug-likeness (QED) is 0.343. The van der Waals surface area contributed by atoms with Gasteiger partial charge in [0.1, 0.15) is 5.82 Å². The number of carbonyl (C=O) groups is 1. The van der Waals surface area contributed by atoms with Gasteiger partial charge >= 0.3 is 0 Å². The maximum Gasteiger partial charge on any atom is 0.253 e. The number of nitrogen functional groups attached to an aromatic ring is 1. The lowest BCUT2D eigenvalue weighted by atomic mass is 10.0. The van der Waals surface area contributed by atoms with Gasteiger partial charge < -0.3 is 21.6 Å². The average Bonchev–Trinajstić information content (AvgIpc) is 2.75. The van der Waals surface area contributed by atoms with Crippen molar-refractivity contribution in [1.82, 2.24) is 10.3 Å². The first-order valence-electron chi connectivity index (χ1n) is 9.10. The molecular formula is C22H20ClFN4O2. The van der Waals surface area contributed by atoms with Gasteiger partial charge in [0.2, 0.25) is 0 Å². The molecule has 3 aromatic rings. The van der Waals surface area contributed by atoms with Crippen LogP contribution in [0.4, 0.5) is 10.1 Å². The second kappa shape index (κ2) is 9.47. The molecule has 1 amide bonds. The minimum atomic E-state index is -0.427. The highest BCUT2D eigenvalue weighted by atomic mass is 35.5. The molecule has 3 rings (SSSR count). The Balaban J connectivity index is 1.67. The Morgan fingerprint density at radius 2 is 1.97 bits per heavy atom. The van der Waals surface area contributed by atoms with E-state index in [0.29, 0.717) is 38.5 Å². The molecule has 0 aliphatic carbocycles. The molecule has 0 bridgehead atoms. The monoisotopic (exact) mass is 426 g/mol. The molecule has 8 heteroatoms. The maximum atomic E-state index is 14.2. The van der Waals surface area contributed by atoms with Crippen LogP contribution >= 0.6 is 11.6 Å². The number of aliphatic hydroxyl groups is 1. The number of nitrogens with one attached hydrogen (secondary N) is 2. The number of hydrogen-bond donors (Lipinski definition) is 4. The molecule has 1 heterocycles. The Labute approximate surface area is 178 Å². The fraction of sp³-hybridized carbons (Fsp3) is 0.136. The molecular weight excluding hydrogens is 407 g/mol. The van der Waals surface area contributed by atoms with Crippen LogP contribution in [0.25, 0.3) is 0 Å². The standard InChI is InChI=1S/C22H20ClFN4O2/c23-17-3-4-20(25)18(8-17)21(26)11-28-22(30)16-6-14(9-27-10-16)5-15-2-1-13(12-29)7-19(15)24/h1-4,6-10,26,29H,5,11-12,25H2,(H,28,30). The Bertz CT molecular complexity index is 1100. The number of aliphatic hydroxyl groups excluding tert-OH is 1. The number of rotatable bonds is 7. The smallest absolute Gasteiger partial charge is 0.253 e. The van der Waals surface area contributed by atoms with Crippen molar-refractivity contribution in [2.75, 3.05) is 12.3 Å². The Morgan fingerprint density at radius 3 is 2.70 bits per heavy atom. The molecule has 2 aromatic carbocycles.